The van der Waals surface area contributed by atoms with Gasteiger partial charge >= 0.3 is 0 Å². The molecule has 2 amide bonds. The van der Waals surface area contributed by atoms with E-state index in [4.69, 9.17) is 5.73 Å². The Balaban J connectivity index is 0.00000456. The molecule has 2 atom stereocenters. The number of benzene rings is 3. The molecule has 0 aliphatic heterocycles. The molecule has 7 nitrogen and oxygen atoms in total. The number of rotatable bonds is 11. The number of amides is 2. The van der Waals surface area contributed by atoms with Gasteiger partial charge in [0, 0.05) is 13.1 Å². The molecule has 0 aliphatic carbocycles. The number of hydrogen-bond donors (Lipinski definition) is 4. The highest BCUT2D eigenvalue weighted by atomic mass is 35.5. The fraction of sp³-hybridized carbons (Fsp3) is 0.321. The SMILES string of the molecule is CC(C)(NC(=O)Cc1ccccc1)C(=O)[C@@H](Cc1ccc2ccccc2c1)C(=O)NCC(O)CN.Cl. The quantitative estimate of drug-likeness (QED) is 0.295. The zero-order chi connectivity index (χ0) is 25.4. The highest BCUT2D eigenvalue weighted by Gasteiger charge is 2.38. The minimum atomic E-state index is -1.28. The average Bonchev–Trinajstić information content (AvgIpc) is 2.85. The highest BCUT2D eigenvalue weighted by Crippen LogP contribution is 2.22. The van der Waals surface area contributed by atoms with Gasteiger partial charge in [-0.25, -0.2) is 0 Å². The van der Waals surface area contributed by atoms with Gasteiger partial charge in [-0.15, -0.1) is 12.4 Å². The summed E-state index contributed by atoms with van der Waals surface area (Å²) in [5, 5.41) is 17.3. The second kappa shape index (κ2) is 13.2. The predicted octanol–water partition coefficient (Wildman–Crippen LogP) is 2.56. The van der Waals surface area contributed by atoms with Crippen molar-refractivity contribution in [2.45, 2.75) is 38.3 Å². The van der Waals surface area contributed by atoms with Gasteiger partial charge in [-0.05, 0) is 42.2 Å². The molecule has 0 aliphatic rings. The van der Waals surface area contributed by atoms with Crippen LogP contribution in [0.4, 0.5) is 0 Å². The number of ketones is 1. The summed E-state index contributed by atoms with van der Waals surface area (Å²) in [4.78, 5) is 39.4. The summed E-state index contributed by atoms with van der Waals surface area (Å²) in [6, 6.07) is 22.9. The Morgan fingerprint density at radius 3 is 2.22 bits per heavy atom. The molecule has 1 unspecified atom stereocenters. The van der Waals surface area contributed by atoms with Crippen molar-refractivity contribution in [1.82, 2.24) is 10.6 Å². The van der Waals surface area contributed by atoms with Gasteiger partial charge in [0.1, 0.15) is 5.92 Å². The van der Waals surface area contributed by atoms with Crippen LogP contribution in [0.3, 0.4) is 0 Å². The number of aliphatic hydroxyl groups is 1. The lowest BCUT2D eigenvalue weighted by Crippen LogP contribution is -2.55. The number of aliphatic hydroxyl groups excluding tert-OH is 1. The molecule has 0 aromatic heterocycles. The molecule has 0 bridgehead atoms. The first-order valence-corrected chi connectivity index (χ1v) is 11.7. The normalized spacial score (nSPS) is 12.8. The van der Waals surface area contributed by atoms with Crippen molar-refractivity contribution in [3.63, 3.8) is 0 Å². The number of carbonyl (C=O) groups excluding carboxylic acids is 3. The summed E-state index contributed by atoms with van der Waals surface area (Å²) in [6.45, 7) is 3.14. The first-order valence-electron chi connectivity index (χ1n) is 11.7. The monoisotopic (exact) mass is 511 g/mol. The number of nitrogens with one attached hydrogen (secondary N) is 2. The van der Waals surface area contributed by atoms with E-state index >= 15 is 0 Å². The number of fused-ring (bicyclic) bond motifs is 1. The maximum Gasteiger partial charge on any atom is 0.231 e. The standard InChI is InChI=1S/C28H33N3O4.ClH/c1-28(2,31-25(33)16-19-8-4-3-5-9-19)26(34)24(27(35)30-18-23(32)17-29)15-20-12-13-21-10-6-7-11-22(21)14-20;/h3-14,23-24,32H,15-18,29H2,1-2H3,(H,30,35)(H,31,33);1H/t23?,24-;/m1./s1. The fourth-order valence-electron chi connectivity index (χ4n) is 4.00. The van der Waals surface area contributed by atoms with Crippen LogP contribution in [-0.4, -0.2) is 47.4 Å². The number of Topliss-reactive ketones (excluding diaryl/α,β-unsaturated/α-hetero) is 1. The van der Waals surface area contributed by atoms with Crippen LogP contribution in [0.1, 0.15) is 25.0 Å². The second-order valence-electron chi connectivity index (χ2n) is 9.27. The Morgan fingerprint density at radius 2 is 1.56 bits per heavy atom. The molecule has 0 saturated carbocycles. The van der Waals surface area contributed by atoms with Crippen LogP contribution in [0, 0.1) is 5.92 Å². The molecule has 3 aromatic carbocycles. The lowest BCUT2D eigenvalue weighted by Gasteiger charge is -2.29. The van der Waals surface area contributed by atoms with Gasteiger partial charge in [0.05, 0.1) is 18.1 Å². The van der Waals surface area contributed by atoms with Crippen LogP contribution in [0.2, 0.25) is 0 Å². The van der Waals surface area contributed by atoms with E-state index in [1.165, 1.54) is 0 Å². The van der Waals surface area contributed by atoms with Crippen molar-refractivity contribution >= 4 is 40.8 Å². The van der Waals surface area contributed by atoms with Crippen LogP contribution in [0.5, 0.6) is 0 Å². The van der Waals surface area contributed by atoms with Crippen LogP contribution >= 0.6 is 12.4 Å². The summed E-state index contributed by atoms with van der Waals surface area (Å²) < 4.78 is 0. The van der Waals surface area contributed by atoms with Crippen LogP contribution in [0.15, 0.2) is 72.8 Å². The molecular weight excluding hydrogens is 478 g/mol. The summed E-state index contributed by atoms with van der Waals surface area (Å²) in [5.74, 6) is -2.29. The smallest absolute Gasteiger partial charge is 0.231 e. The Bertz CT molecular complexity index is 1180. The van der Waals surface area contributed by atoms with Gasteiger partial charge in [0.15, 0.2) is 5.78 Å². The molecule has 0 fully saturated rings. The largest absolute Gasteiger partial charge is 0.390 e. The number of halogens is 1. The molecule has 0 radical (unpaired) electrons. The van der Waals surface area contributed by atoms with Gasteiger partial charge in [0.25, 0.3) is 0 Å². The molecule has 0 saturated heterocycles. The predicted molar refractivity (Wildman–Crippen MR) is 144 cm³/mol. The average molecular weight is 512 g/mol. The van der Waals surface area contributed by atoms with Gasteiger partial charge < -0.3 is 21.5 Å². The number of carbonyl (C=O) groups is 3. The first kappa shape index (κ1) is 29.0. The van der Waals surface area contributed by atoms with E-state index in [0.29, 0.717) is 0 Å². The van der Waals surface area contributed by atoms with Gasteiger partial charge in [-0.1, -0.05) is 72.8 Å². The maximum atomic E-state index is 13.6. The fourth-order valence-corrected chi connectivity index (χ4v) is 4.00. The Kier molecular flexibility index (Phi) is 10.6. The highest BCUT2D eigenvalue weighted by molar-refractivity contribution is 6.07. The van der Waals surface area contributed by atoms with Crippen LogP contribution < -0.4 is 16.4 Å². The van der Waals surface area contributed by atoms with Gasteiger partial charge in [-0.2, -0.15) is 0 Å². The Labute approximate surface area is 217 Å². The summed E-state index contributed by atoms with van der Waals surface area (Å²) in [6.07, 6.45) is -0.623. The Morgan fingerprint density at radius 1 is 0.917 bits per heavy atom. The first-order chi connectivity index (χ1) is 16.7. The van der Waals surface area contributed by atoms with Crippen molar-refractivity contribution in [2.75, 3.05) is 13.1 Å². The molecular formula is C28H34ClN3O4. The molecule has 8 heteroatoms. The maximum absolute atomic E-state index is 13.6. The van der Waals surface area contributed by atoms with E-state index in [1.807, 2.05) is 72.8 Å². The van der Waals surface area contributed by atoms with Gasteiger partial charge in [-0.3, -0.25) is 14.4 Å². The van der Waals surface area contributed by atoms with E-state index in [-0.39, 0.29) is 44.2 Å². The zero-order valence-electron chi connectivity index (χ0n) is 20.6. The molecule has 0 spiro atoms. The second-order valence-corrected chi connectivity index (χ2v) is 9.27. The van der Waals surface area contributed by atoms with Crippen molar-refractivity contribution in [3.8, 4) is 0 Å². The minimum absolute atomic E-state index is 0. The molecule has 5 N–H and O–H groups in total. The number of hydrogen-bond acceptors (Lipinski definition) is 5. The van der Waals surface area contributed by atoms with Gasteiger partial charge in [0.2, 0.25) is 11.8 Å². The summed E-state index contributed by atoms with van der Waals surface area (Å²) in [7, 11) is 0. The van der Waals surface area contributed by atoms with E-state index in [1.54, 1.807) is 13.8 Å². The molecule has 192 valence electrons. The van der Waals surface area contributed by atoms with Crippen molar-refractivity contribution in [3.05, 3.63) is 83.9 Å². The molecule has 3 rings (SSSR count). The summed E-state index contributed by atoms with van der Waals surface area (Å²) >= 11 is 0. The molecule has 3 aromatic rings. The Hall–Kier alpha value is -3.26. The number of nitrogens with two attached hydrogens (primary N) is 1. The van der Waals surface area contributed by atoms with Crippen molar-refractivity contribution in [1.29, 1.82) is 0 Å². The lowest BCUT2D eigenvalue weighted by atomic mass is 9.83. The lowest BCUT2D eigenvalue weighted by molar-refractivity contribution is -0.139. The zero-order valence-corrected chi connectivity index (χ0v) is 21.4. The third-order valence-electron chi connectivity index (χ3n) is 5.95. The minimum Gasteiger partial charge on any atom is -0.390 e. The van der Waals surface area contributed by atoms with Crippen molar-refractivity contribution in [2.24, 2.45) is 11.7 Å². The summed E-state index contributed by atoms with van der Waals surface area (Å²) in [5.41, 5.74) is 5.81. The molecule has 0 heterocycles. The van der Waals surface area contributed by atoms with E-state index in [2.05, 4.69) is 10.6 Å². The van der Waals surface area contributed by atoms with E-state index in [0.717, 1.165) is 21.9 Å². The topological polar surface area (TPSA) is 122 Å². The molecule has 36 heavy (non-hydrogen) atoms. The third kappa shape index (κ3) is 7.88. The van der Waals surface area contributed by atoms with E-state index < -0.39 is 29.3 Å². The van der Waals surface area contributed by atoms with E-state index in [9.17, 15) is 19.5 Å². The van der Waals surface area contributed by atoms with Crippen molar-refractivity contribution < 1.29 is 19.5 Å². The van der Waals surface area contributed by atoms with Crippen LogP contribution in [-0.2, 0) is 27.2 Å². The van der Waals surface area contributed by atoms with Crippen LogP contribution in [0.25, 0.3) is 10.8 Å². The third-order valence-corrected chi connectivity index (χ3v) is 5.95.